The van der Waals surface area contributed by atoms with Crippen molar-refractivity contribution in [2.45, 2.75) is 32.7 Å². The molecule has 2 aromatic rings. The molecule has 0 aliphatic carbocycles. The number of ether oxygens (including phenoxy) is 1. The van der Waals surface area contributed by atoms with E-state index in [1.54, 1.807) is 24.4 Å². The van der Waals surface area contributed by atoms with Crippen molar-refractivity contribution in [1.82, 2.24) is 20.5 Å². The molecule has 0 radical (unpaired) electrons. The van der Waals surface area contributed by atoms with Gasteiger partial charge in [0.25, 0.3) is 0 Å². The number of aromatic nitrogens is 1. The molecular formula is C22H28FN5O2. The zero-order valence-corrected chi connectivity index (χ0v) is 17.2. The van der Waals surface area contributed by atoms with Crippen molar-refractivity contribution < 1.29 is 13.9 Å². The number of hydrogen-bond donors (Lipinski definition) is 2. The van der Waals surface area contributed by atoms with Crippen LogP contribution >= 0.6 is 0 Å². The number of guanidine groups is 1. The molecule has 160 valence electrons. The Kier molecular flexibility index (Phi) is 8.00. The van der Waals surface area contributed by atoms with E-state index < -0.39 is 0 Å². The summed E-state index contributed by atoms with van der Waals surface area (Å²) in [5.74, 6) is 1.66. The molecule has 0 saturated carbocycles. The first-order valence-electron chi connectivity index (χ1n) is 10.3. The topological polar surface area (TPSA) is 78.9 Å². The van der Waals surface area contributed by atoms with Gasteiger partial charge in [0.15, 0.2) is 5.96 Å². The van der Waals surface area contributed by atoms with E-state index >= 15 is 0 Å². The number of likely N-dealkylation sites (tertiary alicyclic amines) is 1. The molecular weight excluding hydrogens is 385 g/mol. The van der Waals surface area contributed by atoms with Crippen LogP contribution in [0.25, 0.3) is 0 Å². The second-order valence-corrected chi connectivity index (χ2v) is 7.02. The standard InChI is InChI=1S/C22H28FN5O2/c1-2-24-22(25-12-4-14-28-13-3-5-21(28)29)27-16-17-6-11-20(26-15-17)30-19-9-7-18(23)8-10-19/h6-11,15H,2-5,12-14,16H2,1H3,(H2,24,25,27). The number of carbonyl (C=O) groups excluding carboxylic acids is 1. The van der Waals surface area contributed by atoms with Crippen LogP contribution in [0.5, 0.6) is 11.6 Å². The van der Waals surface area contributed by atoms with Crippen LogP contribution in [0.1, 0.15) is 31.7 Å². The quantitative estimate of drug-likeness (QED) is 0.375. The van der Waals surface area contributed by atoms with E-state index in [-0.39, 0.29) is 11.7 Å². The Labute approximate surface area is 176 Å². The van der Waals surface area contributed by atoms with Crippen molar-refractivity contribution in [3.05, 3.63) is 54.0 Å². The summed E-state index contributed by atoms with van der Waals surface area (Å²) in [4.78, 5) is 22.4. The Bertz CT molecular complexity index is 840. The van der Waals surface area contributed by atoms with Crippen molar-refractivity contribution in [3.63, 3.8) is 0 Å². The highest BCUT2D eigenvalue weighted by molar-refractivity contribution is 5.79. The van der Waals surface area contributed by atoms with Crippen LogP contribution in [0.4, 0.5) is 4.39 Å². The number of nitrogens with zero attached hydrogens (tertiary/aromatic N) is 3. The number of rotatable bonds is 9. The Morgan fingerprint density at radius 3 is 2.73 bits per heavy atom. The fourth-order valence-electron chi connectivity index (χ4n) is 3.12. The molecule has 2 heterocycles. The average Bonchev–Trinajstić information content (AvgIpc) is 3.16. The van der Waals surface area contributed by atoms with Gasteiger partial charge < -0.3 is 20.3 Å². The number of amides is 1. The minimum absolute atomic E-state index is 0.259. The molecule has 1 amide bonds. The van der Waals surface area contributed by atoms with E-state index in [1.165, 1.54) is 12.1 Å². The predicted octanol–water partition coefficient (Wildman–Crippen LogP) is 3.08. The van der Waals surface area contributed by atoms with Crippen LogP contribution in [0, 0.1) is 5.82 Å². The van der Waals surface area contributed by atoms with Gasteiger partial charge in [-0.2, -0.15) is 0 Å². The normalized spacial score (nSPS) is 14.1. The zero-order valence-electron chi connectivity index (χ0n) is 17.2. The third-order valence-corrected chi connectivity index (χ3v) is 4.67. The molecule has 1 aliphatic heterocycles. The Balaban J connectivity index is 1.46. The zero-order chi connectivity index (χ0) is 21.2. The molecule has 7 nitrogen and oxygen atoms in total. The Morgan fingerprint density at radius 1 is 1.23 bits per heavy atom. The van der Waals surface area contributed by atoms with E-state index in [0.717, 1.165) is 50.5 Å². The van der Waals surface area contributed by atoms with E-state index in [9.17, 15) is 9.18 Å². The maximum atomic E-state index is 13.0. The van der Waals surface area contributed by atoms with Gasteiger partial charge in [0.05, 0.1) is 6.54 Å². The molecule has 1 aromatic heterocycles. The van der Waals surface area contributed by atoms with Crippen LogP contribution in [-0.4, -0.2) is 47.9 Å². The Hall–Kier alpha value is -3.16. The van der Waals surface area contributed by atoms with Crippen LogP contribution in [0.3, 0.4) is 0 Å². The van der Waals surface area contributed by atoms with Gasteiger partial charge in [-0.3, -0.25) is 4.79 Å². The van der Waals surface area contributed by atoms with Crippen molar-refractivity contribution in [1.29, 1.82) is 0 Å². The monoisotopic (exact) mass is 413 g/mol. The fourth-order valence-corrected chi connectivity index (χ4v) is 3.12. The first-order chi connectivity index (χ1) is 14.6. The molecule has 2 N–H and O–H groups in total. The number of hydrogen-bond acceptors (Lipinski definition) is 4. The smallest absolute Gasteiger partial charge is 0.222 e. The predicted molar refractivity (Wildman–Crippen MR) is 114 cm³/mol. The number of benzene rings is 1. The summed E-state index contributed by atoms with van der Waals surface area (Å²) in [7, 11) is 0. The Morgan fingerprint density at radius 2 is 2.07 bits per heavy atom. The number of halogens is 1. The molecule has 3 rings (SSSR count). The first-order valence-corrected chi connectivity index (χ1v) is 10.3. The summed E-state index contributed by atoms with van der Waals surface area (Å²) in [5.41, 5.74) is 0.946. The van der Waals surface area contributed by atoms with E-state index in [1.807, 2.05) is 17.9 Å². The van der Waals surface area contributed by atoms with Crippen molar-refractivity contribution in [3.8, 4) is 11.6 Å². The third kappa shape index (κ3) is 6.72. The minimum atomic E-state index is -0.307. The third-order valence-electron chi connectivity index (χ3n) is 4.67. The fraction of sp³-hybridized carbons (Fsp3) is 0.409. The molecule has 0 spiro atoms. The van der Waals surface area contributed by atoms with Crippen LogP contribution in [-0.2, 0) is 11.3 Å². The van der Waals surface area contributed by atoms with Gasteiger partial charge in [0.2, 0.25) is 11.8 Å². The minimum Gasteiger partial charge on any atom is -0.439 e. The molecule has 0 unspecified atom stereocenters. The molecule has 1 aliphatic rings. The van der Waals surface area contributed by atoms with Gasteiger partial charge in [0.1, 0.15) is 11.6 Å². The second kappa shape index (κ2) is 11.1. The molecule has 1 aromatic carbocycles. The van der Waals surface area contributed by atoms with Gasteiger partial charge in [0, 0.05) is 44.9 Å². The average molecular weight is 413 g/mol. The highest BCUT2D eigenvalue weighted by Gasteiger charge is 2.18. The lowest BCUT2D eigenvalue weighted by Crippen LogP contribution is -2.39. The lowest BCUT2D eigenvalue weighted by atomic mass is 10.3. The lowest BCUT2D eigenvalue weighted by molar-refractivity contribution is -0.127. The highest BCUT2D eigenvalue weighted by atomic mass is 19.1. The summed E-state index contributed by atoms with van der Waals surface area (Å²) in [6.07, 6.45) is 4.25. The molecule has 30 heavy (non-hydrogen) atoms. The van der Waals surface area contributed by atoms with Gasteiger partial charge in [-0.05, 0) is 49.6 Å². The van der Waals surface area contributed by atoms with Gasteiger partial charge in [-0.25, -0.2) is 14.4 Å². The van der Waals surface area contributed by atoms with Gasteiger partial charge in [-0.15, -0.1) is 0 Å². The summed E-state index contributed by atoms with van der Waals surface area (Å²) < 4.78 is 18.6. The maximum Gasteiger partial charge on any atom is 0.222 e. The number of pyridine rings is 1. The van der Waals surface area contributed by atoms with Crippen LogP contribution < -0.4 is 15.4 Å². The second-order valence-electron chi connectivity index (χ2n) is 7.02. The molecule has 0 bridgehead atoms. The number of carbonyl (C=O) groups is 1. The van der Waals surface area contributed by atoms with Gasteiger partial charge >= 0.3 is 0 Å². The first kappa shape index (κ1) is 21.5. The number of nitrogens with one attached hydrogen (secondary N) is 2. The largest absolute Gasteiger partial charge is 0.439 e. The van der Waals surface area contributed by atoms with E-state index in [4.69, 9.17) is 4.74 Å². The van der Waals surface area contributed by atoms with Crippen molar-refractivity contribution >= 4 is 11.9 Å². The van der Waals surface area contributed by atoms with E-state index in [2.05, 4.69) is 20.6 Å². The van der Waals surface area contributed by atoms with E-state index in [0.29, 0.717) is 24.6 Å². The molecule has 1 saturated heterocycles. The summed E-state index contributed by atoms with van der Waals surface area (Å²) in [6, 6.07) is 9.47. The molecule has 1 fully saturated rings. The van der Waals surface area contributed by atoms with Crippen molar-refractivity contribution in [2.75, 3.05) is 26.2 Å². The van der Waals surface area contributed by atoms with Crippen LogP contribution in [0.2, 0.25) is 0 Å². The lowest BCUT2D eigenvalue weighted by Gasteiger charge is -2.16. The molecule has 0 atom stereocenters. The highest BCUT2D eigenvalue weighted by Crippen LogP contribution is 2.19. The maximum absolute atomic E-state index is 13.0. The van der Waals surface area contributed by atoms with Crippen molar-refractivity contribution in [2.24, 2.45) is 4.99 Å². The summed E-state index contributed by atoms with van der Waals surface area (Å²) in [6.45, 7) is 5.66. The summed E-state index contributed by atoms with van der Waals surface area (Å²) in [5, 5.41) is 6.52. The van der Waals surface area contributed by atoms with Gasteiger partial charge in [-0.1, -0.05) is 6.07 Å². The summed E-state index contributed by atoms with van der Waals surface area (Å²) >= 11 is 0. The SMILES string of the molecule is CCNC(=NCc1ccc(Oc2ccc(F)cc2)nc1)NCCCN1CCCC1=O. The molecule has 8 heteroatoms. The van der Waals surface area contributed by atoms with Crippen LogP contribution in [0.15, 0.2) is 47.6 Å². The number of aliphatic imine (C=N–C) groups is 1.